The zero-order chi connectivity index (χ0) is 5.70. The Balaban J connectivity index is -0.0000000600. The van der Waals surface area contributed by atoms with Gasteiger partial charge >= 0.3 is 43.7 Å². The molecule has 46 valence electrons. The van der Waals surface area contributed by atoms with Gasteiger partial charge in [0.2, 0.25) is 0 Å². The normalized spacial score (nSPS) is 7.25. The van der Waals surface area contributed by atoms with Crippen LogP contribution in [0.25, 0.3) is 0 Å². The van der Waals surface area contributed by atoms with Gasteiger partial charge in [-0.05, 0) is 6.92 Å². The first-order chi connectivity index (χ1) is 3.31. The van der Waals surface area contributed by atoms with Gasteiger partial charge in [-0.2, -0.15) is 0 Å². The van der Waals surface area contributed by atoms with Crippen molar-refractivity contribution in [3.63, 3.8) is 0 Å². The van der Waals surface area contributed by atoms with Crippen LogP contribution in [0.5, 0.6) is 0 Å². The molecule has 0 fully saturated rings. The van der Waals surface area contributed by atoms with Gasteiger partial charge < -0.3 is 12.7 Å². The van der Waals surface area contributed by atoms with Crippen LogP contribution >= 0.6 is 0 Å². The molecule has 0 saturated carbocycles. The zero-order valence-corrected chi connectivity index (χ0v) is 7.09. The smallest absolute Gasteiger partial charge is 1.00 e. The van der Waals surface area contributed by atoms with E-state index >= 15 is 0 Å². The summed E-state index contributed by atoms with van der Waals surface area (Å²) in [5.41, 5.74) is 0. The molecule has 3 nitrogen and oxygen atoms in total. The molecule has 0 aromatic heterocycles. The largest absolute Gasteiger partial charge is 2.00 e. The zero-order valence-electron chi connectivity index (χ0n) is 6.89. The fourth-order valence-corrected chi connectivity index (χ4v) is 0.207. The minimum atomic E-state index is -0.567. The number of aliphatic hydroxyl groups is 1. The molecule has 0 heterocycles. The predicted octanol–water partition coefficient (Wildman–Crippen LogP) is -0.614. The van der Waals surface area contributed by atoms with Gasteiger partial charge in [0, 0.05) is 0 Å². The molecule has 8 heavy (non-hydrogen) atoms. The summed E-state index contributed by atoms with van der Waals surface area (Å²) in [6.07, 6.45) is 0. The van der Waals surface area contributed by atoms with Gasteiger partial charge in [-0.1, -0.05) is 0 Å². The number of esters is 1. The van der Waals surface area contributed by atoms with Crippen LogP contribution in [0.2, 0.25) is 0 Å². The maximum atomic E-state index is 9.94. The van der Waals surface area contributed by atoms with E-state index in [4.69, 9.17) is 5.11 Å². The summed E-state index contributed by atoms with van der Waals surface area (Å²) in [6.45, 7) is 1.50. The summed E-state index contributed by atoms with van der Waals surface area (Å²) >= 11 is 0. The van der Waals surface area contributed by atoms with Crippen LogP contribution in [0.3, 0.4) is 0 Å². The second kappa shape index (κ2) is 7.69. The van der Waals surface area contributed by atoms with E-state index in [9.17, 15) is 4.79 Å². The quantitative estimate of drug-likeness (QED) is 0.417. The average Bonchev–Trinajstić information content (AvgIpc) is 1.68. The molecule has 0 bridgehead atoms. The maximum Gasteiger partial charge on any atom is 2.00 e. The number of carbonyl (C=O) groups excluding carboxylic acids is 1. The van der Waals surface area contributed by atoms with E-state index in [1.807, 2.05) is 0 Å². The standard InChI is InChI=1S/C4H8O3.Ca.2H/c1-2-7-4(6)3-5;;;/h5H,2-3H2,1H3;;;/q;+2;2*-1. The molecular formula is C4H10CaO3. The average molecular weight is 146 g/mol. The van der Waals surface area contributed by atoms with Crippen LogP contribution in [0.4, 0.5) is 0 Å². The van der Waals surface area contributed by atoms with Crippen LogP contribution in [-0.2, 0) is 9.53 Å². The summed E-state index contributed by atoms with van der Waals surface area (Å²) in [6, 6.07) is 0. The first-order valence-electron chi connectivity index (χ1n) is 2.07. The monoisotopic (exact) mass is 146 g/mol. The Kier molecular flexibility index (Phi) is 11.0. The van der Waals surface area contributed by atoms with Crippen molar-refractivity contribution in [3.8, 4) is 0 Å². The van der Waals surface area contributed by atoms with Crippen LogP contribution in [0.1, 0.15) is 9.78 Å². The number of hydrogen-bond acceptors (Lipinski definition) is 3. The molecule has 1 N–H and O–H groups in total. The van der Waals surface area contributed by atoms with E-state index in [0.29, 0.717) is 6.61 Å². The Morgan fingerprint density at radius 3 is 2.50 bits per heavy atom. The van der Waals surface area contributed by atoms with E-state index < -0.39 is 12.6 Å². The molecule has 0 spiro atoms. The Morgan fingerprint density at radius 2 is 2.38 bits per heavy atom. The van der Waals surface area contributed by atoms with Gasteiger partial charge in [0.05, 0.1) is 6.61 Å². The van der Waals surface area contributed by atoms with E-state index in [1.54, 1.807) is 6.92 Å². The summed E-state index contributed by atoms with van der Waals surface area (Å²) in [7, 11) is 0. The van der Waals surface area contributed by atoms with Crippen molar-refractivity contribution in [3.05, 3.63) is 0 Å². The summed E-state index contributed by atoms with van der Waals surface area (Å²) in [5.74, 6) is -0.567. The van der Waals surface area contributed by atoms with Crippen molar-refractivity contribution in [2.24, 2.45) is 0 Å². The van der Waals surface area contributed by atoms with Crippen LogP contribution in [0, 0.1) is 0 Å². The van der Waals surface area contributed by atoms with Crippen molar-refractivity contribution >= 4 is 43.7 Å². The van der Waals surface area contributed by atoms with Gasteiger partial charge in [-0.15, -0.1) is 0 Å². The maximum absolute atomic E-state index is 9.94. The summed E-state index contributed by atoms with van der Waals surface area (Å²) in [4.78, 5) is 9.94. The third-order valence-electron chi connectivity index (χ3n) is 0.434. The van der Waals surface area contributed by atoms with E-state index in [1.165, 1.54) is 0 Å². The number of carbonyl (C=O) groups is 1. The van der Waals surface area contributed by atoms with Crippen molar-refractivity contribution < 1.29 is 17.5 Å². The molecule has 0 atom stereocenters. The molecule has 0 saturated heterocycles. The fourth-order valence-electron chi connectivity index (χ4n) is 0.207. The van der Waals surface area contributed by atoms with Gasteiger partial charge in [-0.25, -0.2) is 4.79 Å². The molecule has 0 unspecified atom stereocenters. The number of aliphatic hydroxyl groups excluding tert-OH is 1. The van der Waals surface area contributed by atoms with Gasteiger partial charge in [0.1, 0.15) is 6.61 Å². The topological polar surface area (TPSA) is 46.5 Å². The third-order valence-corrected chi connectivity index (χ3v) is 0.434. The second-order valence-electron chi connectivity index (χ2n) is 0.963. The van der Waals surface area contributed by atoms with Gasteiger partial charge in [-0.3, -0.25) is 0 Å². The second-order valence-corrected chi connectivity index (χ2v) is 0.963. The van der Waals surface area contributed by atoms with Crippen molar-refractivity contribution in [1.82, 2.24) is 0 Å². The van der Waals surface area contributed by atoms with Crippen molar-refractivity contribution in [2.45, 2.75) is 6.92 Å². The molecule has 0 aromatic carbocycles. The minimum Gasteiger partial charge on any atom is -1.00 e. The van der Waals surface area contributed by atoms with E-state index in [2.05, 4.69) is 4.74 Å². The van der Waals surface area contributed by atoms with Crippen molar-refractivity contribution in [2.75, 3.05) is 13.2 Å². The number of hydrogen-bond donors (Lipinski definition) is 1. The SMILES string of the molecule is CCOC(=O)CO.[Ca+2].[H-].[H-]. The Bertz CT molecular complexity index is 71.5. The van der Waals surface area contributed by atoms with Crippen LogP contribution in [0.15, 0.2) is 0 Å². The number of ether oxygens (including phenoxy) is 1. The number of rotatable bonds is 2. The molecule has 0 rings (SSSR count). The molecule has 4 heteroatoms. The summed E-state index contributed by atoms with van der Waals surface area (Å²) < 4.78 is 4.30. The molecule has 0 amide bonds. The Hall–Kier alpha value is 0.690. The van der Waals surface area contributed by atoms with E-state index in [-0.39, 0.29) is 40.6 Å². The van der Waals surface area contributed by atoms with E-state index in [0.717, 1.165) is 0 Å². The first-order valence-corrected chi connectivity index (χ1v) is 2.07. The van der Waals surface area contributed by atoms with Crippen LogP contribution < -0.4 is 0 Å². The van der Waals surface area contributed by atoms with Crippen molar-refractivity contribution in [1.29, 1.82) is 0 Å². The predicted molar refractivity (Wildman–Crippen MR) is 31.7 cm³/mol. The molecule has 0 radical (unpaired) electrons. The molecule has 0 aliphatic heterocycles. The first kappa shape index (κ1) is 11.5. The fraction of sp³-hybridized carbons (Fsp3) is 0.750. The Labute approximate surface area is 81.0 Å². The third kappa shape index (κ3) is 6.69. The van der Waals surface area contributed by atoms with Gasteiger partial charge in [0.25, 0.3) is 0 Å². The molecule has 0 aliphatic carbocycles. The molecule has 0 aromatic rings. The summed E-state index contributed by atoms with van der Waals surface area (Å²) in [5, 5.41) is 7.99. The minimum absolute atomic E-state index is 0. The molecule has 0 aliphatic rings. The van der Waals surface area contributed by atoms with Crippen LogP contribution in [-0.4, -0.2) is 62.0 Å². The van der Waals surface area contributed by atoms with Gasteiger partial charge in [0.15, 0.2) is 0 Å². The Morgan fingerprint density at radius 1 is 1.88 bits per heavy atom. The molecular weight excluding hydrogens is 136 g/mol.